The minimum Gasteiger partial charge on any atom is -0.481 e. The lowest BCUT2D eigenvalue weighted by Gasteiger charge is -2.27. The molecule has 1 N–H and O–H groups in total. The van der Waals surface area contributed by atoms with Crippen molar-refractivity contribution in [1.82, 2.24) is 4.90 Å². The van der Waals surface area contributed by atoms with Gasteiger partial charge in [0.25, 0.3) is 0 Å². The molecule has 0 saturated heterocycles. The average molecular weight is 272 g/mol. The van der Waals surface area contributed by atoms with Gasteiger partial charge in [-0.15, -0.1) is 0 Å². The maximum Gasteiger partial charge on any atom is 0.410 e. The summed E-state index contributed by atoms with van der Waals surface area (Å²) in [6.07, 6.45) is -0.239. The van der Waals surface area contributed by atoms with Crippen molar-refractivity contribution in [3.63, 3.8) is 0 Å². The van der Waals surface area contributed by atoms with E-state index in [4.69, 9.17) is 15.4 Å². The molecule has 8 nitrogen and oxygen atoms in total. The van der Waals surface area contributed by atoms with Gasteiger partial charge in [0.15, 0.2) is 0 Å². The zero-order valence-corrected chi connectivity index (χ0v) is 11.5. The van der Waals surface area contributed by atoms with Gasteiger partial charge < -0.3 is 14.7 Å². The van der Waals surface area contributed by atoms with Crippen LogP contribution in [0.15, 0.2) is 5.11 Å². The summed E-state index contributed by atoms with van der Waals surface area (Å²) in [5, 5.41) is 11.9. The molecule has 0 heterocycles. The van der Waals surface area contributed by atoms with Crippen molar-refractivity contribution in [2.24, 2.45) is 5.11 Å². The number of carbonyl (C=O) groups excluding carboxylic acids is 1. The Morgan fingerprint density at radius 2 is 2.00 bits per heavy atom. The van der Waals surface area contributed by atoms with E-state index in [1.54, 1.807) is 20.8 Å². The van der Waals surface area contributed by atoms with E-state index in [-0.39, 0.29) is 26.1 Å². The fourth-order valence-electron chi connectivity index (χ4n) is 1.25. The van der Waals surface area contributed by atoms with E-state index >= 15 is 0 Å². The fourth-order valence-corrected chi connectivity index (χ4v) is 1.25. The van der Waals surface area contributed by atoms with Crippen LogP contribution in [0.5, 0.6) is 0 Å². The molecule has 108 valence electrons. The quantitative estimate of drug-likeness (QED) is 0.435. The molecule has 0 aliphatic carbocycles. The summed E-state index contributed by atoms with van der Waals surface area (Å²) in [4.78, 5) is 26.2. The summed E-state index contributed by atoms with van der Waals surface area (Å²) in [6, 6.07) is 0. The van der Waals surface area contributed by atoms with Crippen LogP contribution in [0, 0.1) is 0 Å². The van der Waals surface area contributed by atoms with Gasteiger partial charge in [-0.05, 0) is 32.7 Å². The van der Waals surface area contributed by atoms with Crippen molar-refractivity contribution < 1.29 is 19.4 Å². The number of azide groups is 1. The first-order chi connectivity index (χ1) is 8.76. The molecule has 1 amide bonds. The lowest BCUT2D eigenvalue weighted by Crippen LogP contribution is -2.39. The molecule has 0 aliphatic heterocycles. The van der Waals surface area contributed by atoms with E-state index in [1.165, 1.54) is 4.90 Å². The molecule has 0 aromatic heterocycles. The SMILES string of the molecule is CC(C)(C)OC(=O)N(CCCC(=O)O)CCN=[N+]=[N-]. The number of carboxylic acid groups (broad SMARTS) is 1. The first-order valence-corrected chi connectivity index (χ1v) is 5.97. The highest BCUT2D eigenvalue weighted by Crippen LogP contribution is 2.10. The van der Waals surface area contributed by atoms with Crippen LogP contribution in [0.2, 0.25) is 0 Å². The summed E-state index contributed by atoms with van der Waals surface area (Å²) in [6.45, 7) is 5.82. The zero-order chi connectivity index (χ0) is 14.9. The lowest BCUT2D eigenvalue weighted by molar-refractivity contribution is -0.137. The van der Waals surface area contributed by atoms with Crippen molar-refractivity contribution >= 4 is 12.1 Å². The molecular weight excluding hydrogens is 252 g/mol. The number of hydrogen-bond donors (Lipinski definition) is 1. The summed E-state index contributed by atoms with van der Waals surface area (Å²) in [5.74, 6) is -0.917. The molecule has 0 unspecified atom stereocenters. The Labute approximate surface area is 112 Å². The van der Waals surface area contributed by atoms with Crippen LogP contribution < -0.4 is 0 Å². The second-order valence-corrected chi connectivity index (χ2v) is 4.92. The normalized spacial score (nSPS) is 10.5. The molecule has 0 spiro atoms. The third-order valence-corrected chi connectivity index (χ3v) is 2.00. The second-order valence-electron chi connectivity index (χ2n) is 4.92. The highest BCUT2D eigenvalue weighted by molar-refractivity contribution is 5.68. The van der Waals surface area contributed by atoms with Crippen LogP contribution >= 0.6 is 0 Å². The molecule has 0 saturated carbocycles. The van der Waals surface area contributed by atoms with Crippen molar-refractivity contribution in [3.8, 4) is 0 Å². The van der Waals surface area contributed by atoms with Crippen LogP contribution in [0.3, 0.4) is 0 Å². The minimum atomic E-state index is -0.917. The van der Waals surface area contributed by atoms with Crippen molar-refractivity contribution in [3.05, 3.63) is 10.4 Å². The van der Waals surface area contributed by atoms with Gasteiger partial charge >= 0.3 is 12.1 Å². The first kappa shape index (κ1) is 17.1. The van der Waals surface area contributed by atoms with Crippen LogP contribution in [0.1, 0.15) is 33.6 Å². The number of nitrogens with zero attached hydrogens (tertiary/aromatic N) is 4. The molecule has 0 radical (unpaired) electrons. The van der Waals surface area contributed by atoms with E-state index in [0.717, 1.165) is 0 Å². The Balaban J connectivity index is 4.42. The largest absolute Gasteiger partial charge is 0.481 e. The predicted molar refractivity (Wildman–Crippen MR) is 68.7 cm³/mol. The molecule has 0 bridgehead atoms. The van der Waals surface area contributed by atoms with Gasteiger partial charge in [-0.2, -0.15) is 0 Å². The number of carboxylic acids is 1. The van der Waals surface area contributed by atoms with Crippen molar-refractivity contribution in [2.45, 2.75) is 39.2 Å². The third-order valence-electron chi connectivity index (χ3n) is 2.00. The van der Waals surface area contributed by atoms with Gasteiger partial charge in [0, 0.05) is 31.0 Å². The van der Waals surface area contributed by atoms with Gasteiger partial charge in [-0.1, -0.05) is 5.11 Å². The number of ether oxygens (including phenoxy) is 1. The summed E-state index contributed by atoms with van der Waals surface area (Å²) >= 11 is 0. The van der Waals surface area contributed by atoms with Gasteiger partial charge in [0.05, 0.1) is 0 Å². The van der Waals surface area contributed by atoms with Crippen LogP contribution in [-0.4, -0.2) is 47.3 Å². The van der Waals surface area contributed by atoms with Crippen molar-refractivity contribution in [2.75, 3.05) is 19.6 Å². The number of hydrogen-bond acceptors (Lipinski definition) is 4. The van der Waals surface area contributed by atoms with E-state index < -0.39 is 17.7 Å². The minimum absolute atomic E-state index is 0.0270. The number of amides is 1. The summed E-state index contributed by atoms with van der Waals surface area (Å²) in [7, 11) is 0. The molecule has 8 heteroatoms. The van der Waals surface area contributed by atoms with Crippen LogP contribution in [0.4, 0.5) is 4.79 Å². The highest BCUT2D eigenvalue weighted by atomic mass is 16.6. The van der Waals surface area contributed by atoms with Gasteiger partial charge in [-0.3, -0.25) is 4.79 Å². The Morgan fingerprint density at radius 1 is 1.37 bits per heavy atom. The van der Waals surface area contributed by atoms with Crippen molar-refractivity contribution in [1.29, 1.82) is 0 Å². The topological polar surface area (TPSA) is 116 Å². The molecule has 19 heavy (non-hydrogen) atoms. The molecular formula is C11H20N4O4. The Bertz CT molecular complexity index is 358. The maximum atomic E-state index is 11.9. The Morgan fingerprint density at radius 3 is 2.47 bits per heavy atom. The zero-order valence-electron chi connectivity index (χ0n) is 11.5. The smallest absolute Gasteiger partial charge is 0.410 e. The van der Waals surface area contributed by atoms with E-state index in [9.17, 15) is 9.59 Å². The fraction of sp³-hybridized carbons (Fsp3) is 0.818. The Kier molecular flexibility index (Phi) is 7.36. The van der Waals surface area contributed by atoms with Crippen LogP contribution in [-0.2, 0) is 9.53 Å². The first-order valence-electron chi connectivity index (χ1n) is 5.97. The molecule has 0 atom stereocenters. The maximum absolute atomic E-state index is 11.9. The van der Waals surface area contributed by atoms with E-state index in [0.29, 0.717) is 6.42 Å². The number of aliphatic carboxylic acids is 1. The second kappa shape index (κ2) is 8.20. The Hall–Kier alpha value is -1.95. The number of carbonyl (C=O) groups is 2. The monoisotopic (exact) mass is 272 g/mol. The van der Waals surface area contributed by atoms with Gasteiger partial charge in [0.2, 0.25) is 0 Å². The highest BCUT2D eigenvalue weighted by Gasteiger charge is 2.21. The molecule has 0 aromatic carbocycles. The molecule has 0 fully saturated rings. The standard InChI is InChI=1S/C11H20N4O4/c1-11(2,3)19-10(18)15(8-6-13-14-12)7-4-5-9(16)17/h4-8H2,1-3H3,(H,16,17). The predicted octanol–water partition coefficient (Wildman–Crippen LogP) is 2.40. The third kappa shape index (κ3) is 9.72. The van der Waals surface area contributed by atoms with E-state index in [2.05, 4.69) is 10.0 Å². The molecule has 0 rings (SSSR count). The van der Waals surface area contributed by atoms with Gasteiger partial charge in [-0.25, -0.2) is 4.79 Å². The molecule has 0 aromatic rings. The molecule has 0 aliphatic rings. The summed E-state index contributed by atoms with van der Waals surface area (Å²) < 4.78 is 5.19. The van der Waals surface area contributed by atoms with Gasteiger partial charge in [0.1, 0.15) is 5.60 Å². The lowest BCUT2D eigenvalue weighted by atomic mass is 10.2. The summed E-state index contributed by atoms with van der Waals surface area (Å²) in [5.41, 5.74) is 7.57. The average Bonchev–Trinajstić information content (AvgIpc) is 2.24. The number of rotatable bonds is 7. The van der Waals surface area contributed by atoms with Crippen LogP contribution in [0.25, 0.3) is 10.4 Å². The van der Waals surface area contributed by atoms with E-state index in [1.807, 2.05) is 0 Å².